The Bertz CT molecular complexity index is 1270. The molecule has 0 spiro atoms. The van der Waals surface area contributed by atoms with E-state index in [2.05, 4.69) is 92.1 Å². The second-order valence-corrected chi connectivity index (χ2v) is 21.4. The van der Waals surface area contributed by atoms with E-state index in [0.29, 0.717) is 6.42 Å². The third-order valence-electron chi connectivity index (χ3n) is 14.4. The first-order valence-electron chi connectivity index (χ1n) is 31.8. The number of hydrogen-bond acceptors (Lipinski definition) is 3. The highest BCUT2D eigenvalue weighted by molar-refractivity contribution is 5.76. The SMILES string of the molecule is CC/C=C\C/C=C\C/C=C\C/C=C\C/C=C\CCCCCCCCCCCCCC(=O)NC(CO)C(O)/C=C/CC/C=C/CCCCCCCCCCCCCCCCCCCCCCCCCCCCC. The van der Waals surface area contributed by atoms with Crippen molar-refractivity contribution >= 4 is 5.91 Å². The van der Waals surface area contributed by atoms with Gasteiger partial charge in [-0.15, -0.1) is 0 Å². The molecule has 72 heavy (non-hydrogen) atoms. The molecule has 0 bridgehead atoms. The minimum absolute atomic E-state index is 0.0769. The Balaban J connectivity index is 3.52. The summed E-state index contributed by atoms with van der Waals surface area (Å²) in [4.78, 5) is 12.5. The maximum Gasteiger partial charge on any atom is 0.220 e. The van der Waals surface area contributed by atoms with Crippen LogP contribution in [0, 0.1) is 0 Å². The third kappa shape index (κ3) is 58.5. The van der Waals surface area contributed by atoms with Crippen LogP contribution in [0.2, 0.25) is 0 Å². The van der Waals surface area contributed by atoms with Gasteiger partial charge >= 0.3 is 0 Å². The van der Waals surface area contributed by atoms with Crippen LogP contribution in [0.15, 0.2) is 85.1 Å². The first-order chi connectivity index (χ1) is 35.7. The number of nitrogens with one attached hydrogen (secondary N) is 1. The van der Waals surface area contributed by atoms with Crippen LogP contribution in [0.1, 0.15) is 322 Å². The molecule has 0 rings (SSSR count). The van der Waals surface area contributed by atoms with Gasteiger partial charge in [-0.25, -0.2) is 0 Å². The van der Waals surface area contributed by atoms with E-state index >= 15 is 0 Å². The third-order valence-corrected chi connectivity index (χ3v) is 14.4. The van der Waals surface area contributed by atoms with Gasteiger partial charge in [0.25, 0.3) is 0 Å². The Labute approximate surface area is 450 Å². The van der Waals surface area contributed by atoms with Crippen molar-refractivity contribution in [3.05, 3.63) is 85.1 Å². The van der Waals surface area contributed by atoms with Crippen LogP contribution in [-0.4, -0.2) is 34.9 Å². The van der Waals surface area contributed by atoms with Crippen molar-refractivity contribution < 1.29 is 15.0 Å². The molecule has 0 heterocycles. The number of amides is 1. The van der Waals surface area contributed by atoms with E-state index in [1.54, 1.807) is 6.08 Å². The molecule has 0 aliphatic heterocycles. The summed E-state index contributed by atoms with van der Waals surface area (Å²) >= 11 is 0. The van der Waals surface area contributed by atoms with Crippen molar-refractivity contribution in [3.8, 4) is 0 Å². The highest BCUT2D eigenvalue weighted by atomic mass is 16.3. The molecule has 0 aromatic rings. The Morgan fingerprint density at radius 2 is 0.625 bits per heavy atom. The molecule has 4 heteroatoms. The van der Waals surface area contributed by atoms with Gasteiger partial charge in [0.15, 0.2) is 0 Å². The summed E-state index contributed by atoms with van der Waals surface area (Å²) in [6, 6.07) is -0.648. The van der Waals surface area contributed by atoms with Crippen LogP contribution in [0.3, 0.4) is 0 Å². The fourth-order valence-electron chi connectivity index (χ4n) is 9.58. The van der Waals surface area contributed by atoms with Crippen molar-refractivity contribution in [2.75, 3.05) is 6.61 Å². The monoisotopic (exact) mass is 1000 g/mol. The quantitative estimate of drug-likeness (QED) is 0.0420. The molecule has 0 aromatic heterocycles. The summed E-state index contributed by atoms with van der Waals surface area (Å²) in [6.45, 7) is 4.21. The van der Waals surface area contributed by atoms with Crippen LogP contribution < -0.4 is 5.32 Å². The summed E-state index contributed by atoms with van der Waals surface area (Å²) < 4.78 is 0. The number of hydrogen-bond donors (Lipinski definition) is 3. The Kier molecular flexibility index (Phi) is 60.7. The van der Waals surface area contributed by atoms with Gasteiger partial charge in [0.05, 0.1) is 18.8 Å². The Morgan fingerprint density at radius 3 is 0.972 bits per heavy atom. The molecule has 0 saturated heterocycles. The van der Waals surface area contributed by atoms with E-state index in [-0.39, 0.29) is 12.5 Å². The first kappa shape index (κ1) is 69.6. The smallest absolute Gasteiger partial charge is 0.220 e. The van der Waals surface area contributed by atoms with Crippen molar-refractivity contribution in [1.82, 2.24) is 5.32 Å². The lowest BCUT2D eigenvalue weighted by molar-refractivity contribution is -0.123. The number of rotatable bonds is 58. The van der Waals surface area contributed by atoms with Crippen molar-refractivity contribution in [2.24, 2.45) is 0 Å². The highest BCUT2D eigenvalue weighted by Gasteiger charge is 2.18. The van der Waals surface area contributed by atoms with Crippen LogP contribution in [0.25, 0.3) is 0 Å². The van der Waals surface area contributed by atoms with Gasteiger partial charge in [-0.05, 0) is 77.0 Å². The van der Waals surface area contributed by atoms with E-state index in [0.717, 1.165) is 64.2 Å². The minimum atomic E-state index is -0.870. The van der Waals surface area contributed by atoms with Crippen LogP contribution in [-0.2, 0) is 4.79 Å². The van der Waals surface area contributed by atoms with Gasteiger partial charge < -0.3 is 15.5 Å². The normalized spacial score (nSPS) is 13.3. The lowest BCUT2D eigenvalue weighted by Gasteiger charge is -2.19. The number of carbonyl (C=O) groups is 1. The fourth-order valence-corrected chi connectivity index (χ4v) is 9.58. The van der Waals surface area contributed by atoms with Crippen molar-refractivity contribution in [2.45, 2.75) is 334 Å². The Morgan fingerprint density at radius 1 is 0.347 bits per heavy atom. The van der Waals surface area contributed by atoms with Crippen LogP contribution >= 0.6 is 0 Å². The summed E-state index contributed by atoms with van der Waals surface area (Å²) in [5.74, 6) is -0.0769. The number of carbonyl (C=O) groups excluding carboxylic acids is 1. The van der Waals surface area contributed by atoms with E-state index in [1.807, 2.05) is 6.08 Å². The predicted molar refractivity (Wildman–Crippen MR) is 322 cm³/mol. The summed E-state index contributed by atoms with van der Waals surface area (Å²) in [6.07, 6.45) is 92.1. The van der Waals surface area contributed by atoms with Gasteiger partial charge in [-0.2, -0.15) is 0 Å². The van der Waals surface area contributed by atoms with Gasteiger partial charge in [0.1, 0.15) is 0 Å². The van der Waals surface area contributed by atoms with E-state index in [4.69, 9.17) is 0 Å². The van der Waals surface area contributed by atoms with E-state index < -0.39 is 12.1 Å². The molecular formula is C68H123NO3. The first-order valence-corrected chi connectivity index (χ1v) is 31.8. The largest absolute Gasteiger partial charge is 0.394 e. The standard InChI is InChI=1S/C68H123NO3/c1-3-5-7-9-11-13-15-17-19-21-23-25-27-29-31-32-33-34-35-36-38-39-41-43-45-47-49-51-53-55-57-59-61-63-67(71)66(65-70)69-68(72)64-62-60-58-56-54-52-50-48-46-44-42-40-37-30-28-26-24-22-20-18-16-14-12-10-8-6-4-2/h6,8,12,14,18,20,24,26,30,37,53,55,61,63,66-67,70-71H,3-5,7,9-11,13,15-17,19,21-23,25,27-29,31-36,38-52,54,56-60,62,64-65H2,1-2H3,(H,69,72)/b8-6-,14-12-,20-18-,26-24-,37-30-,55-53+,63-61+. The summed E-state index contributed by atoms with van der Waals surface area (Å²) in [5.41, 5.74) is 0. The van der Waals surface area contributed by atoms with E-state index in [1.165, 1.54) is 238 Å². The molecule has 4 nitrogen and oxygen atoms in total. The molecule has 0 radical (unpaired) electrons. The average Bonchev–Trinajstić information content (AvgIpc) is 3.39. The van der Waals surface area contributed by atoms with Gasteiger partial charge in [0.2, 0.25) is 5.91 Å². The topological polar surface area (TPSA) is 69.6 Å². The fraction of sp³-hybridized carbons (Fsp3) is 0.779. The molecule has 0 aromatic carbocycles. The second-order valence-electron chi connectivity index (χ2n) is 21.4. The molecule has 0 aliphatic rings. The van der Waals surface area contributed by atoms with E-state index in [9.17, 15) is 15.0 Å². The number of allylic oxidation sites excluding steroid dienone is 13. The lowest BCUT2D eigenvalue weighted by atomic mass is 10.0. The molecule has 3 N–H and O–H groups in total. The molecule has 0 aliphatic carbocycles. The zero-order chi connectivity index (χ0) is 52.0. The van der Waals surface area contributed by atoms with Crippen molar-refractivity contribution in [3.63, 3.8) is 0 Å². The zero-order valence-electron chi connectivity index (χ0n) is 48.2. The molecule has 2 unspecified atom stereocenters. The van der Waals surface area contributed by atoms with Crippen LogP contribution in [0.5, 0.6) is 0 Å². The number of aliphatic hydroxyl groups excluding tert-OH is 2. The summed E-state index contributed by atoms with van der Waals surface area (Å²) in [7, 11) is 0. The molecule has 418 valence electrons. The van der Waals surface area contributed by atoms with Gasteiger partial charge in [-0.1, -0.05) is 324 Å². The molecule has 0 saturated carbocycles. The summed E-state index contributed by atoms with van der Waals surface area (Å²) in [5, 5.41) is 23.2. The minimum Gasteiger partial charge on any atom is -0.394 e. The number of aliphatic hydroxyl groups is 2. The van der Waals surface area contributed by atoms with Crippen LogP contribution in [0.4, 0.5) is 0 Å². The Hall–Kier alpha value is -2.43. The molecule has 1 amide bonds. The maximum atomic E-state index is 12.5. The zero-order valence-corrected chi connectivity index (χ0v) is 48.2. The highest BCUT2D eigenvalue weighted by Crippen LogP contribution is 2.17. The van der Waals surface area contributed by atoms with Gasteiger partial charge in [0, 0.05) is 6.42 Å². The average molecular weight is 1000 g/mol. The second kappa shape index (κ2) is 62.9. The van der Waals surface area contributed by atoms with Gasteiger partial charge in [-0.3, -0.25) is 4.79 Å². The molecule has 0 fully saturated rings. The molecule has 2 atom stereocenters. The molecular weight excluding hydrogens is 879 g/mol. The maximum absolute atomic E-state index is 12.5. The lowest BCUT2D eigenvalue weighted by Crippen LogP contribution is -2.45. The predicted octanol–water partition coefficient (Wildman–Crippen LogP) is 21.5. The number of unbranched alkanes of at least 4 members (excludes halogenated alkanes) is 39. The van der Waals surface area contributed by atoms with Crippen molar-refractivity contribution in [1.29, 1.82) is 0 Å².